The number of rotatable bonds is 13. The van der Waals surface area contributed by atoms with Crippen LogP contribution in [0.2, 0.25) is 0 Å². The second-order valence-electron chi connectivity index (χ2n) is 13.4. The van der Waals surface area contributed by atoms with Crippen LogP contribution in [0.25, 0.3) is 0 Å². The lowest BCUT2D eigenvalue weighted by Gasteiger charge is -2.43. The molecule has 1 aliphatic carbocycles. The maximum atomic E-state index is 13.3. The number of carbonyl (C=O) groups is 2. The van der Waals surface area contributed by atoms with Crippen molar-refractivity contribution in [3.63, 3.8) is 0 Å². The van der Waals surface area contributed by atoms with Crippen LogP contribution in [0.15, 0.2) is 36.1 Å². The highest BCUT2D eigenvalue weighted by atomic mass is 16.8. The van der Waals surface area contributed by atoms with Crippen LogP contribution in [-0.2, 0) is 42.7 Å². The zero-order valence-electron chi connectivity index (χ0n) is 28.4. The van der Waals surface area contributed by atoms with Crippen LogP contribution in [0.4, 0.5) is 0 Å². The summed E-state index contributed by atoms with van der Waals surface area (Å²) in [6.45, 7) is 7.50. The van der Waals surface area contributed by atoms with Crippen molar-refractivity contribution >= 4 is 11.9 Å². The second-order valence-corrected chi connectivity index (χ2v) is 13.4. The molecule has 16 atom stereocenters. The fourth-order valence-electron chi connectivity index (χ4n) is 6.76. The molecule has 3 aliphatic heterocycles. The number of ether oxygens (including phenoxy) is 7. The first-order valence-corrected chi connectivity index (χ1v) is 16.5. The first-order chi connectivity index (χ1) is 23.6. The maximum absolute atomic E-state index is 13.3. The smallest absolute Gasteiger partial charge is 0.337 e. The van der Waals surface area contributed by atoms with Gasteiger partial charge in [-0.05, 0) is 33.1 Å². The molecule has 3 heterocycles. The van der Waals surface area contributed by atoms with Gasteiger partial charge in [0, 0.05) is 23.3 Å². The van der Waals surface area contributed by atoms with Crippen molar-refractivity contribution in [3.8, 4) is 0 Å². The van der Waals surface area contributed by atoms with Crippen LogP contribution < -0.4 is 0 Å². The van der Waals surface area contributed by atoms with E-state index in [-0.39, 0.29) is 30.4 Å². The molecule has 4 aliphatic rings. The van der Waals surface area contributed by atoms with Crippen LogP contribution in [0, 0.1) is 17.8 Å². The number of hydrogen-bond donors (Lipinski definition) is 8. The largest absolute Gasteiger partial charge is 0.472 e. The lowest BCUT2D eigenvalue weighted by Crippen LogP contribution is -2.60. The Kier molecular flexibility index (Phi) is 13.6. The number of aliphatic hydroxyl groups is 8. The van der Waals surface area contributed by atoms with Crippen molar-refractivity contribution in [2.75, 3.05) is 20.3 Å². The number of esters is 2. The van der Waals surface area contributed by atoms with E-state index in [4.69, 9.17) is 33.2 Å². The van der Waals surface area contributed by atoms with Crippen LogP contribution >= 0.6 is 0 Å². The lowest BCUT2D eigenvalue weighted by molar-refractivity contribution is -0.342. The quantitative estimate of drug-likeness (QED) is 0.0575. The second kappa shape index (κ2) is 16.9. The van der Waals surface area contributed by atoms with Gasteiger partial charge in [-0.25, -0.2) is 9.59 Å². The average Bonchev–Trinajstić information content (AvgIpc) is 3.43. The summed E-state index contributed by atoms with van der Waals surface area (Å²) >= 11 is 0. The van der Waals surface area contributed by atoms with Crippen molar-refractivity contribution in [1.82, 2.24) is 0 Å². The molecular weight excluding hydrogens is 668 g/mol. The normalized spacial score (nSPS) is 41.6. The Morgan fingerprint density at radius 1 is 0.940 bits per heavy atom. The third kappa shape index (κ3) is 8.40. The van der Waals surface area contributed by atoms with Gasteiger partial charge in [0.05, 0.1) is 37.8 Å². The van der Waals surface area contributed by atoms with Gasteiger partial charge < -0.3 is 74.0 Å². The molecule has 3 fully saturated rings. The molecule has 0 bridgehead atoms. The van der Waals surface area contributed by atoms with E-state index in [0.717, 1.165) is 0 Å². The number of fused-ring (bicyclic) bond motifs is 1. The molecule has 284 valence electrons. The molecule has 0 aromatic heterocycles. The number of aliphatic hydroxyl groups excluding tert-OH is 8. The molecule has 0 spiro atoms. The summed E-state index contributed by atoms with van der Waals surface area (Å²) in [6, 6.07) is 0. The predicted octanol–water partition coefficient (Wildman–Crippen LogP) is -2.11. The van der Waals surface area contributed by atoms with Gasteiger partial charge in [0.2, 0.25) is 6.29 Å². The molecular formula is C33H50O17. The monoisotopic (exact) mass is 718 g/mol. The van der Waals surface area contributed by atoms with Crippen molar-refractivity contribution < 1.29 is 83.6 Å². The zero-order chi connectivity index (χ0) is 37.1. The third-order valence-corrected chi connectivity index (χ3v) is 10.1. The van der Waals surface area contributed by atoms with E-state index in [1.165, 1.54) is 19.4 Å². The zero-order valence-corrected chi connectivity index (χ0v) is 28.4. The Labute approximate surface area is 289 Å². The van der Waals surface area contributed by atoms with Crippen LogP contribution in [0.3, 0.4) is 0 Å². The molecule has 50 heavy (non-hydrogen) atoms. The minimum atomic E-state index is -1.69. The molecule has 1 saturated carbocycles. The summed E-state index contributed by atoms with van der Waals surface area (Å²) < 4.78 is 39.3. The van der Waals surface area contributed by atoms with Gasteiger partial charge in [-0.2, -0.15) is 0 Å². The van der Waals surface area contributed by atoms with Gasteiger partial charge in [-0.15, -0.1) is 6.58 Å². The summed E-state index contributed by atoms with van der Waals surface area (Å²) in [6.07, 6.45) is -11.8. The number of allylic oxidation sites excluding steroid dienone is 1. The average molecular weight is 719 g/mol. The molecule has 8 N–H and O–H groups in total. The van der Waals surface area contributed by atoms with E-state index in [2.05, 4.69) is 6.58 Å². The lowest BCUT2D eigenvalue weighted by atomic mass is 9.83. The minimum Gasteiger partial charge on any atom is -0.472 e. The van der Waals surface area contributed by atoms with Crippen molar-refractivity contribution in [3.05, 3.63) is 36.1 Å². The van der Waals surface area contributed by atoms with E-state index in [9.17, 15) is 50.4 Å². The Hall–Kier alpha value is -2.52. The van der Waals surface area contributed by atoms with Crippen LogP contribution in [-0.4, -0.2) is 153 Å². The molecule has 0 amide bonds. The van der Waals surface area contributed by atoms with Gasteiger partial charge in [-0.1, -0.05) is 19.1 Å². The topological polar surface area (TPSA) is 261 Å². The van der Waals surface area contributed by atoms with Gasteiger partial charge >= 0.3 is 11.9 Å². The summed E-state index contributed by atoms with van der Waals surface area (Å²) in [5.41, 5.74) is -0.663. The summed E-state index contributed by atoms with van der Waals surface area (Å²) in [7, 11) is 1.21. The maximum Gasteiger partial charge on any atom is 0.337 e. The van der Waals surface area contributed by atoms with E-state index in [1.54, 1.807) is 26.8 Å². The standard InChI is InChI=1S/C33H50O17/c1-6-33(4,50-32-27(41)25(39)23(37)20(12-35)48-32)9-7-8-14(2)28(42)46-18-10-16-17(29(43)44-5)13-45-30(21(16)15(18)3)49-31-26(40)24(38)22(36)19(11-34)47-31/h6,8,13,15-16,18-27,30-32,34-41H,1,7,9-12H2,2-5H3/b14-8+/t15-,16+,18-,19+,20+,21+,22+,23+,24-,25-,26+,27+,30-,31-,32+,33+/m0/s1. The molecule has 0 unspecified atom stereocenters. The predicted molar refractivity (Wildman–Crippen MR) is 167 cm³/mol. The Balaban J connectivity index is 1.41. The Morgan fingerprint density at radius 3 is 2.08 bits per heavy atom. The highest BCUT2D eigenvalue weighted by molar-refractivity contribution is 5.89. The summed E-state index contributed by atoms with van der Waals surface area (Å²) in [5.74, 6) is -2.92. The fourth-order valence-corrected chi connectivity index (χ4v) is 6.76. The third-order valence-electron chi connectivity index (χ3n) is 10.1. The van der Waals surface area contributed by atoms with Gasteiger partial charge in [-0.3, -0.25) is 0 Å². The first-order valence-electron chi connectivity index (χ1n) is 16.5. The minimum absolute atomic E-state index is 0.187. The van der Waals surface area contributed by atoms with Crippen molar-refractivity contribution in [2.24, 2.45) is 17.8 Å². The molecule has 2 saturated heterocycles. The first kappa shape index (κ1) is 40.3. The van der Waals surface area contributed by atoms with E-state index in [1.807, 2.05) is 0 Å². The Bertz CT molecular complexity index is 1250. The number of carbonyl (C=O) groups excluding carboxylic acids is 2. The number of methoxy groups -OCH3 is 1. The Morgan fingerprint density at radius 2 is 1.52 bits per heavy atom. The van der Waals surface area contributed by atoms with E-state index in [0.29, 0.717) is 0 Å². The molecule has 0 aromatic carbocycles. The van der Waals surface area contributed by atoms with Crippen LogP contribution in [0.5, 0.6) is 0 Å². The fraction of sp³-hybridized carbons (Fsp3) is 0.758. The van der Waals surface area contributed by atoms with Crippen LogP contribution in [0.1, 0.15) is 40.0 Å². The highest BCUT2D eigenvalue weighted by Gasteiger charge is 2.55. The van der Waals surface area contributed by atoms with E-state index >= 15 is 0 Å². The van der Waals surface area contributed by atoms with Gasteiger partial charge in [0.25, 0.3) is 0 Å². The molecule has 0 aromatic rings. The molecule has 0 radical (unpaired) electrons. The van der Waals surface area contributed by atoms with Gasteiger partial charge in [0.1, 0.15) is 54.9 Å². The summed E-state index contributed by atoms with van der Waals surface area (Å²) in [4.78, 5) is 25.9. The van der Waals surface area contributed by atoms with Crippen molar-refractivity contribution in [2.45, 2.75) is 119 Å². The molecule has 4 rings (SSSR count). The van der Waals surface area contributed by atoms with Gasteiger partial charge in [0.15, 0.2) is 12.6 Å². The summed E-state index contributed by atoms with van der Waals surface area (Å²) in [5, 5.41) is 80.4. The number of hydrogen-bond acceptors (Lipinski definition) is 17. The highest BCUT2D eigenvalue weighted by Crippen LogP contribution is 2.49. The van der Waals surface area contributed by atoms with E-state index < -0.39 is 122 Å². The van der Waals surface area contributed by atoms with Crippen molar-refractivity contribution in [1.29, 1.82) is 0 Å². The SMILES string of the molecule is C=C[C@](C)(CC/C=C(\C)C(=O)O[C@H]1C[C@@H]2C(C(=O)OC)=CO[C@@H](O[C@@H]3O[C@H](CO)[C@@H](O)[C@H](O)[C@H]3O)[C@@H]2[C@H]1C)O[C@H]1O[C@H](CO)[C@@H](O)[C@H](O)[C@H]1O. The molecule has 17 heteroatoms. The molecule has 17 nitrogen and oxygen atoms in total.